The summed E-state index contributed by atoms with van der Waals surface area (Å²) >= 11 is 0. The summed E-state index contributed by atoms with van der Waals surface area (Å²) in [5.74, 6) is 3.16. The second kappa shape index (κ2) is 12.1. The van der Waals surface area contributed by atoms with E-state index in [2.05, 4.69) is 41.5 Å². The van der Waals surface area contributed by atoms with Crippen LogP contribution in [0.5, 0.6) is 11.5 Å². The SMILES string of the molecule is CCNC(=NCc1cc2c(cc1OC)CC(C)O2)NC1CCN(C(=O)C2CCCCC2)C1.I. The van der Waals surface area contributed by atoms with Crippen LogP contribution in [0, 0.1) is 5.92 Å². The van der Waals surface area contributed by atoms with Crippen molar-refractivity contribution < 1.29 is 14.3 Å². The average Bonchev–Trinajstić information content (AvgIpc) is 3.42. The minimum absolute atomic E-state index is 0. The van der Waals surface area contributed by atoms with Crippen molar-refractivity contribution in [2.24, 2.45) is 10.9 Å². The number of nitrogens with zero attached hydrogens (tertiary/aromatic N) is 2. The fourth-order valence-corrected chi connectivity index (χ4v) is 5.16. The van der Waals surface area contributed by atoms with Gasteiger partial charge in [-0.2, -0.15) is 0 Å². The van der Waals surface area contributed by atoms with Crippen LogP contribution >= 0.6 is 24.0 Å². The van der Waals surface area contributed by atoms with E-state index in [0.29, 0.717) is 12.5 Å². The van der Waals surface area contributed by atoms with E-state index in [-0.39, 0.29) is 42.0 Å². The summed E-state index contributed by atoms with van der Waals surface area (Å²) in [6.07, 6.45) is 7.85. The topological polar surface area (TPSA) is 75.2 Å². The van der Waals surface area contributed by atoms with Crippen molar-refractivity contribution in [1.29, 1.82) is 0 Å². The number of methoxy groups -OCH3 is 1. The van der Waals surface area contributed by atoms with Gasteiger partial charge in [0.05, 0.1) is 13.7 Å². The lowest BCUT2D eigenvalue weighted by Crippen LogP contribution is -2.45. The number of guanidine groups is 1. The number of halogens is 1. The summed E-state index contributed by atoms with van der Waals surface area (Å²) in [5.41, 5.74) is 2.21. The lowest BCUT2D eigenvalue weighted by molar-refractivity contribution is -0.135. The Labute approximate surface area is 215 Å². The number of nitrogens with one attached hydrogen (secondary N) is 2. The highest BCUT2D eigenvalue weighted by Gasteiger charge is 2.31. The molecule has 33 heavy (non-hydrogen) atoms. The monoisotopic (exact) mass is 570 g/mol. The van der Waals surface area contributed by atoms with Gasteiger partial charge in [-0.1, -0.05) is 19.3 Å². The van der Waals surface area contributed by atoms with Crippen molar-refractivity contribution in [2.45, 2.75) is 77.5 Å². The third-order valence-corrected chi connectivity index (χ3v) is 6.85. The van der Waals surface area contributed by atoms with Gasteiger partial charge in [0, 0.05) is 49.1 Å². The maximum Gasteiger partial charge on any atom is 0.225 e. The predicted octanol–water partition coefficient (Wildman–Crippen LogP) is 3.87. The van der Waals surface area contributed by atoms with Crippen LogP contribution in [0.15, 0.2) is 17.1 Å². The minimum Gasteiger partial charge on any atom is -0.496 e. The normalized spacial score (nSPS) is 22.9. The Balaban J connectivity index is 0.00000306. The standard InChI is InChI=1S/C25H38N4O3.HI/c1-4-26-25(27-15-20-14-23-19(12-17(2)32-23)13-22(20)31-3)28-21-10-11-29(16-21)24(30)18-8-6-5-7-9-18;/h13-14,17-18,21H,4-12,15-16H2,1-3H3,(H2,26,27,28);1H. The quantitative estimate of drug-likeness (QED) is 0.309. The van der Waals surface area contributed by atoms with Gasteiger partial charge >= 0.3 is 0 Å². The van der Waals surface area contributed by atoms with Crippen molar-refractivity contribution in [3.63, 3.8) is 0 Å². The summed E-state index contributed by atoms with van der Waals surface area (Å²) in [5, 5.41) is 6.89. The van der Waals surface area contributed by atoms with E-state index in [1.165, 1.54) is 24.8 Å². The lowest BCUT2D eigenvalue weighted by atomic mass is 9.88. The Hall–Kier alpha value is -1.71. The van der Waals surface area contributed by atoms with E-state index in [0.717, 1.165) is 68.3 Å². The maximum absolute atomic E-state index is 12.9. The number of ether oxygens (including phenoxy) is 2. The number of rotatable bonds is 6. The first kappa shape index (κ1) is 25.9. The third kappa shape index (κ3) is 6.45. The number of hydrogen-bond donors (Lipinski definition) is 2. The third-order valence-electron chi connectivity index (χ3n) is 6.85. The first-order valence-electron chi connectivity index (χ1n) is 12.3. The summed E-state index contributed by atoms with van der Waals surface area (Å²) < 4.78 is 11.5. The number of carbonyl (C=O) groups is 1. The molecule has 2 fully saturated rings. The largest absolute Gasteiger partial charge is 0.496 e. The van der Waals surface area contributed by atoms with Gasteiger partial charge in [-0.25, -0.2) is 4.99 Å². The van der Waals surface area contributed by atoms with E-state index in [1.54, 1.807) is 7.11 Å². The number of likely N-dealkylation sites (tertiary alicyclic amines) is 1. The fourth-order valence-electron chi connectivity index (χ4n) is 5.16. The molecule has 0 spiro atoms. The van der Waals surface area contributed by atoms with Crippen molar-refractivity contribution >= 4 is 35.8 Å². The van der Waals surface area contributed by atoms with Gasteiger partial charge in [0.1, 0.15) is 17.6 Å². The van der Waals surface area contributed by atoms with E-state index in [9.17, 15) is 4.79 Å². The highest BCUT2D eigenvalue weighted by atomic mass is 127. The molecule has 8 heteroatoms. The molecule has 7 nitrogen and oxygen atoms in total. The minimum atomic E-state index is 0. The van der Waals surface area contributed by atoms with E-state index >= 15 is 0 Å². The summed E-state index contributed by atoms with van der Waals surface area (Å²) in [4.78, 5) is 19.8. The molecule has 0 bridgehead atoms. The van der Waals surface area contributed by atoms with Crippen LogP contribution in [0.2, 0.25) is 0 Å². The van der Waals surface area contributed by atoms with E-state index in [1.807, 2.05) is 0 Å². The lowest BCUT2D eigenvalue weighted by Gasteiger charge is -2.26. The predicted molar refractivity (Wildman–Crippen MR) is 142 cm³/mol. The number of aliphatic imine (C=N–C) groups is 1. The second-order valence-electron chi connectivity index (χ2n) is 9.35. The molecule has 4 rings (SSSR count). The highest BCUT2D eigenvalue weighted by molar-refractivity contribution is 14.0. The van der Waals surface area contributed by atoms with E-state index < -0.39 is 0 Å². The molecule has 2 unspecified atom stereocenters. The molecule has 2 aliphatic heterocycles. The highest BCUT2D eigenvalue weighted by Crippen LogP contribution is 2.35. The Morgan fingerprint density at radius 3 is 2.76 bits per heavy atom. The number of benzene rings is 1. The molecule has 1 saturated carbocycles. The molecule has 1 aromatic rings. The van der Waals surface area contributed by atoms with Crippen LogP contribution in [0.4, 0.5) is 0 Å². The zero-order valence-corrected chi connectivity index (χ0v) is 22.5. The van der Waals surface area contributed by atoms with Crippen LogP contribution in [-0.2, 0) is 17.8 Å². The molecule has 184 valence electrons. The zero-order chi connectivity index (χ0) is 22.5. The van der Waals surface area contributed by atoms with Crippen LogP contribution in [0.25, 0.3) is 0 Å². The first-order chi connectivity index (χ1) is 15.6. The van der Waals surface area contributed by atoms with Gasteiger partial charge in [-0.05, 0) is 45.2 Å². The molecule has 1 amide bonds. The molecule has 0 radical (unpaired) electrons. The number of fused-ring (bicyclic) bond motifs is 1. The van der Waals surface area contributed by atoms with Crippen molar-refractivity contribution in [1.82, 2.24) is 15.5 Å². The molecular weight excluding hydrogens is 531 g/mol. The molecule has 1 aliphatic carbocycles. The number of carbonyl (C=O) groups excluding carboxylic acids is 1. The molecule has 2 atom stereocenters. The molecule has 3 aliphatic rings. The molecule has 0 aromatic heterocycles. The average molecular weight is 571 g/mol. The van der Waals surface area contributed by atoms with Crippen molar-refractivity contribution in [3.05, 3.63) is 23.3 Å². The van der Waals surface area contributed by atoms with Gasteiger partial charge in [0.2, 0.25) is 5.91 Å². The number of hydrogen-bond acceptors (Lipinski definition) is 4. The summed E-state index contributed by atoms with van der Waals surface area (Å²) in [6, 6.07) is 4.37. The Kier molecular flexibility index (Phi) is 9.52. The Bertz CT molecular complexity index is 841. The molecular formula is C25H39IN4O3. The smallest absolute Gasteiger partial charge is 0.225 e. The summed E-state index contributed by atoms with van der Waals surface area (Å²) in [6.45, 7) is 7.03. The van der Waals surface area contributed by atoms with Crippen LogP contribution in [0.1, 0.15) is 63.5 Å². The molecule has 1 saturated heterocycles. The van der Waals surface area contributed by atoms with Crippen LogP contribution < -0.4 is 20.1 Å². The van der Waals surface area contributed by atoms with E-state index in [4.69, 9.17) is 14.5 Å². The van der Waals surface area contributed by atoms with Gasteiger partial charge < -0.3 is 25.0 Å². The zero-order valence-electron chi connectivity index (χ0n) is 20.2. The Morgan fingerprint density at radius 1 is 1.24 bits per heavy atom. The fraction of sp³-hybridized carbons (Fsp3) is 0.680. The molecule has 1 aromatic carbocycles. The second-order valence-corrected chi connectivity index (χ2v) is 9.35. The van der Waals surface area contributed by atoms with Gasteiger partial charge in [-0.15, -0.1) is 24.0 Å². The van der Waals surface area contributed by atoms with Gasteiger partial charge in [0.25, 0.3) is 0 Å². The van der Waals surface area contributed by atoms with Gasteiger partial charge in [0.15, 0.2) is 5.96 Å². The van der Waals surface area contributed by atoms with Gasteiger partial charge in [-0.3, -0.25) is 4.79 Å². The van der Waals surface area contributed by atoms with Crippen LogP contribution in [-0.4, -0.2) is 55.7 Å². The summed E-state index contributed by atoms with van der Waals surface area (Å²) in [7, 11) is 1.70. The first-order valence-corrected chi connectivity index (χ1v) is 12.3. The molecule has 2 N–H and O–H groups in total. The maximum atomic E-state index is 12.9. The van der Waals surface area contributed by atoms with Crippen LogP contribution in [0.3, 0.4) is 0 Å². The van der Waals surface area contributed by atoms with Crippen molar-refractivity contribution in [2.75, 3.05) is 26.7 Å². The number of amides is 1. The van der Waals surface area contributed by atoms with Crippen molar-refractivity contribution in [3.8, 4) is 11.5 Å². The molecule has 2 heterocycles. The Morgan fingerprint density at radius 2 is 2.03 bits per heavy atom.